The Bertz CT molecular complexity index is 683. The molecule has 0 bridgehead atoms. The van der Waals surface area contributed by atoms with Crippen molar-refractivity contribution in [2.45, 2.75) is 24.9 Å². The van der Waals surface area contributed by atoms with E-state index in [-0.39, 0.29) is 11.9 Å². The predicted molar refractivity (Wildman–Crippen MR) is 82.6 cm³/mol. The van der Waals surface area contributed by atoms with E-state index in [1.165, 1.54) is 0 Å². The van der Waals surface area contributed by atoms with Crippen LogP contribution in [0.15, 0.2) is 36.8 Å². The zero-order valence-electron chi connectivity index (χ0n) is 12.6. The van der Waals surface area contributed by atoms with Gasteiger partial charge in [-0.25, -0.2) is 4.98 Å². The summed E-state index contributed by atoms with van der Waals surface area (Å²) in [6.07, 6.45) is 7.29. The molecule has 1 amide bonds. The van der Waals surface area contributed by atoms with E-state index in [0.717, 1.165) is 31.7 Å². The third-order valence-electron chi connectivity index (χ3n) is 4.73. The number of fused-ring (bicyclic) bond motifs is 1. The van der Waals surface area contributed by atoms with Crippen molar-refractivity contribution in [1.82, 2.24) is 19.7 Å². The summed E-state index contributed by atoms with van der Waals surface area (Å²) in [6, 6.07) is 6.67. The Morgan fingerprint density at radius 1 is 1.23 bits per heavy atom. The predicted octanol–water partition coefficient (Wildman–Crippen LogP) is 1.31. The average molecular weight is 297 g/mol. The summed E-state index contributed by atoms with van der Waals surface area (Å²) in [5.41, 5.74) is 0.680. The minimum atomic E-state index is 0.100. The molecule has 6 heteroatoms. The van der Waals surface area contributed by atoms with E-state index >= 15 is 0 Å². The quantitative estimate of drug-likeness (QED) is 0.838. The lowest BCUT2D eigenvalue weighted by molar-refractivity contribution is 0.0737. The molecule has 4 heterocycles. The molecule has 0 N–H and O–H groups in total. The van der Waals surface area contributed by atoms with Crippen LogP contribution in [0, 0.1) is 0 Å². The number of aryl methyl sites for hydroxylation is 1. The number of hydrogen-bond donors (Lipinski definition) is 0. The van der Waals surface area contributed by atoms with E-state index in [1.54, 1.807) is 17.1 Å². The van der Waals surface area contributed by atoms with E-state index in [4.69, 9.17) is 0 Å². The minimum Gasteiger partial charge on any atom is -0.351 e. The number of carbonyl (C=O) groups is 1. The number of pyridine rings is 1. The standard InChI is InChI=1S/C16H19N5O/c1-19-11-12(10-18-19)16(22)21-9-6-13-14(21)5-8-20(13)15-4-2-3-7-17-15/h2-4,7,10-11,13-14H,5-6,8-9H2,1H3/t13-,14+/m1/s1. The number of nitrogens with zero attached hydrogens (tertiary/aromatic N) is 5. The lowest BCUT2D eigenvalue weighted by Gasteiger charge is -2.26. The van der Waals surface area contributed by atoms with Crippen LogP contribution in [-0.2, 0) is 7.05 Å². The summed E-state index contributed by atoms with van der Waals surface area (Å²) in [5.74, 6) is 1.12. The first-order valence-corrected chi connectivity index (χ1v) is 7.71. The molecular weight excluding hydrogens is 278 g/mol. The highest BCUT2D eigenvalue weighted by Crippen LogP contribution is 2.34. The molecule has 2 fully saturated rings. The molecule has 0 saturated carbocycles. The summed E-state index contributed by atoms with van der Waals surface area (Å²) in [5, 5.41) is 4.11. The van der Waals surface area contributed by atoms with Gasteiger partial charge in [0.2, 0.25) is 0 Å². The molecule has 2 aromatic rings. The fraction of sp³-hybridized carbons (Fsp3) is 0.438. The summed E-state index contributed by atoms with van der Waals surface area (Å²) >= 11 is 0. The SMILES string of the molecule is Cn1cc(C(=O)N2CC[C@@H]3[C@@H]2CCN3c2ccccn2)cn1. The largest absolute Gasteiger partial charge is 0.351 e. The van der Waals surface area contributed by atoms with Gasteiger partial charge in [0.25, 0.3) is 5.91 Å². The second-order valence-corrected chi connectivity index (χ2v) is 5.99. The molecule has 6 nitrogen and oxygen atoms in total. The van der Waals surface area contributed by atoms with Crippen molar-refractivity contribution < 1.29 is 4.79 Å². The van der Waals surface area contributed by atoms with Gasteiger partial charge in [0, 0.05) is 32.5 Å². The number of anilines is 1. The summed E-state index contributed by atoms with van der Waals surface area (Å²) in [6.45, 7) is 1.77. The zero-order valence-corrected chi connectivity index (χ0v) is 12.6. The van der Waals surface area contributed by atoms with Crippen molar-refractivity contribution in [3.63, 3.8) is 0 Å². The van der Waals surface area contributed by atoms with Crippen LogP contribution >= 0.6 is 0 Å². The molecule has 0 aliphatic carbocycles. The van der Waals surface area contributed by atoms with E-state index in [9.17, 15) is 4.79 Å². The molecule has 22 heavy (non-hydrogen) atoms. The minimum absolute atomic E-state index is 0.100. The zero-order chi connectivity index (χ0) is 15.1. The van der Waals surface area contributed by atoms with E-state index in [0.29, 0.717) is 11.6 Å². The molecule has 2 aliphatic heterocycles. The van der Waals surface area contributed by atoms with Crippen LogP contribution in [0.3, 0.4) is 0 Å². The van der Waals surface area contributed by atoms with Crippen LogP contribution in [-0.4, -0.2) is 50.7 Å². The van der Waals surface area contributed by atoms with Gasteiger partial charge in [-0.15, -0.1) is 0 Å². The van der Waals surface area contributed by atoms with Crippen molar-refractivity contribution in [1.29, 1.82) is 0 Å². The van der Waals surface area contributed by atoms with E-state index in [1.807, 2.05) is 36.3 Å². The van der Waals surface area contributed by atoms with Gasteiger partial charge in [-0.3, -0.25) is 9.48 Å². The van der Waals surface area contributed by atoms with Gasteiger partial charge in [-0.05, 0) is 25.0 Å². The lowest BCUT2D eigenvalue weighted by Crippen LogP contribution is -2.39. The molecule has 4 rings (SSSR count). The fourth-order valence-electron chi connectivity index (χ4n) is 3.74. The number of hydrogen-bond acceptors (Lipinski definition) is 4. The van der Waals surface area contributed by atoms with Crippen molar-refractivity contribution in [2.75, 3.05) is 18.0 Å². The third kappa shape index (κ3) is 2.06. The summed E-state index contributed by atoms with van der Waals surface area (Å²) in [4.78, 5) is 21.5. The second-order valence-electron chi connectivity index (χ2n) is 5.99. The van der Waals surface area contributed by atoms with Gasteiger partial charge >= 0.3 is 0 Å². The van der Waals surface area contributed by atoms with Crippen LogP contribution in [0.4, 0.5) is 5.82 Å². The van der Waals surface area contributed by atoms with Gasteiger partial charge in [0.1, 0.15) is 5.82 Å². The molecule has 2 atom stereocenters. The molecule has 2 saturated heterocycles. The van der Waals surface area contributed by atoms with Gasteiger partial charge in [-0.2, -0.15) is 5.10 Å². The Morgan fingerprint density at radius 2 is 2.09 bits per heavy atom. The lowest BCUT2D eigenvalue weighted by atomic mass is 10.1. The molecule has 0 radical (unpaired) electrons. The van der Waals surface area contributed by atoms with Gasteiger partial charge in [0.05, 0.1) is 23.8 Å². The van der Waals surface area contributed by atoms with E-state index < -0.39 is 0 Å². The molecule has 0 spiro atoms. The maximum atomic E-state index is 12.7. The van der Waals surface area contributed by atoms with Crippen LogP contribution < -0.4 is 4.90 Å². The molecule has 2 aliphatic rings. The third-order valence-corrected chi connectivity index (χ3v) is 4.73. The fourth-order valence-corrected chi connectivity index (χ4v) is 3.74. The normalized spacial score (nSPS) is 23.9. The van der Waals surface area contributed by atoms with Crippen LogP contribution in [0.2, 0.25) is 0 Å². The molecule has 0 aromatic carbocycles. The highest BCUT2D eigenvalue weighted by Gasteiger charge is 2.45. The van der Waals surface area contributed by atoms with Gasteiger partial charge < -0.3 is 9.80 Å². The Kier molecular flexibility index (Phi) is 3.10. The van der Waals surface area contributed by atoms with Crippen molar-refractivity contribution in [3.05, 3.63) is 42.4 Å². The second kappa shape index (κ2) is 5.12. The molecule has 2 aromatic heterocycles. The Morgan fingerprint density at radius 3 is 2.82 bits per heavy atom. The van der Waals surface area contributed by atoms with Crippen LogP contribution in [0.1, 0.15) is 23.2 Å². The van der Waals surface area contributed by atoms with Crippen molar-refractivity contribution >= 4 is 11.7 Å². The van der Waals surface area contributed by atoms with Crippen LogP contribution in [0.5, 0.6) is 0 Å². The maximum Gasteiger partial charge on any atom is 0.257 e. The maximum absolute atomic E-state index is 12.7. The highest BCUT2D eigenvalue weighted by molar-refractivity contribution is 5.94. The van der Waals surface area contributed by atoms with Gasteiger partial charge in [-0.1, -0.05) is 6.07 Å². The molecular formula is C16H19N5O. The number of aromatic nitrogens is 3. The monoisotopic (exact) mass is 297 g/mol. The van der Waals surface area contributed by atoms with Gasteiger partial charge in [0.15, 0.2) is 0 Å². The highest BCUT2D eigenvalue weighted by atomic mass is 16.2. The van der Waals surface area contributed by atoms with E-state index in [2.05, 4.69) is 15.0 Å². The van der Waals surface area contributed by atoms with Crippen molar-refractivity contribution in [3.8, 4) is 0 Å². The summed E-state index contributed by atoms with van der Waals surface area (Å²) in [7, 11) is 1.84. The van der Waals surface area contributed by atoms with Crippen molar-refractivity contribution in [2.24, 2.45) is 7.05 Å². The summed E-state index contributed by atoms with van der Waals surface area (Å²) < 4.78 is 1.68. The number of carbonyl (C=O) groups excluding carboxylic acids is 1. The number of amides is 1. The number of likely N-dealkylation sites (tertiary alicyclic amines) is 1. The Balaban J connectivity index is 1.54. The first-order valence-electron chi connectivity index (χ1n) is 7.71. The number of rotatable bonds is 2. The topological polar surface area (TPSA) is 54.3 Å². The smallest absolute Gasteiger partial charge is 0.257 e. The Hall–Kier alpha value is -2.37. The molecule has 114 valence electrons. The average Bonchev–Trinajstić information content (AvgIpc) is 3.23. The first kappa shape index (κ1) is 13.3. The Labute approximate surface area is 129 Å². The van der Waals surface area contributed by atoms with Crippen LogP contribution in [0.25, 0.3) is 0 Å². The first-order chi connectivity index (χ1) is 10.7. The molecule has 0 unspecified atom stereocenters.